The lowest BCUT2D eigenvalue weighted by Crippen LogP contribution is -2.27. The van der Waals surface area contributed by atoms with Crippen molar-refractivity contribution in [2.24, 2.45) is 5.92 Å². The molecule has 0 bridgehead atoms. The molecule has 2 unspecified atom stereocenters. The van der Waals surface area contributed by atoms with Crippen LogP contribution in [-0.2, 0) is 0 Å². The first-order valence-electron chi connectivity index (χ1n) is 7.41. The topological polar surface area (TPSA) is 12.0 Å². The molecule has 0 amide bonds. The van der Waals surface area contributed by atoms with Crippen LogP contribution in [0.3, 0.4) is 0 Å². The summed E-state index contributed by atoms with van der Waals surface area (Å²) in [6.07, 6.45) is 12.5. The van der Waals surface area contributed by atoms with E-state index in [1.54, 1.807) is 0 Å². The normalized spacial score (nSPS) is 15.0. The van der Waals surface area contributed by atoms with E-state index in [1.807, 2.05) is 0 Å². The van der Waals surface area contributed by atoms with Gasteiger partial charge < -0.3 is 5.32 Å². The van der Waals surface area contributed by atoms with Crippen molar-refractivity contribution in [3.05, 3.63) is 0 Å². The van der Waals surface area contributed by atoms with E-state index in [4.69, 9.17) is 0 Å². The molecule has 0 saturated heterocycles. The maximum absolute atomic E-state index is 3.48. The van der Waals surface area contributed by atoms with Gasteiger partial charge in [0.15, 0.2) is 0 Å². The first-order valence-corrected chi connectivity index (χ1v) is 7.41. The fourth-order valence-electron chi connectivity index (χ4n) is 2.47. The molecule has 0 aromatic rings. The van der Waals surface area contributed by atoms with Crippen molar-refractivity contribution in [2.45, 2.75) is 84.6 Å². The minimum absolute atomic E-state index is 0.753. The van der Waals surface area contributed by atoms with Crippen molar-refractivity contribution in [3.63, 3.8) is 0 Å². The van der Waals surface area contributed by atoms with Crippen LogP contribution in [0.15, 0.2) is 0 Å². The Morgan fingerprint density at radius 2 is 1.56 bits per heavy atom. The molecular weight excluding hydrogens is 194 g/mol. The summed E-state index contributed by atoms with van der Waals surface area (Å²) < 4.78 is 0. The quantitative estimate of drug-likeness (QED) is 0.502. The zero-order valence-electron chi connectivity index (χ0n) is 12.0. The van der Waals surface area contributed by atoms with Gasteiger partial charge in [-0.1, -0.05) is 65.7 Å². The maximum atomic E-state index is 3.48. The Bertz CT molecular complexity index is 133. The highest BCUT2D eigenvalue weighted by molar-refractivity contribution is 4.68. The minimum Gasteiger partial charge on any atom is -0.317 e. The third-order valence-electron chi connectivity index (χ3n) is 3.53. The molecule has 0 rings (SSSR count). The van der Waals surface area contributed by atoms with Gasteiger partial charge in [0.2, 0.25) is 0 Å². The van der Waals surface area contributed by atoms with E-state index in [0.717, 1.165) is 12.0 Å². The number of unbranched alkanes of at least 4 members (excludes halogenated alkanes) is 4. The van der Waals surface area contributed by atoms with E-state index >= 15 is 0 Å². The molecule has 0 saturated carbocycles. The summed E-state index contributed by atoms with van der Waals surface area (Å²) in [5.41, 5.74) is 0. The number of hydrogen-bond acceptors (Lipinski definition) is 1. The van der Waals surface area contributed by atoms with Crippen molar-refractivity contribution in [1.29, 1.82) is 0 Å². The van der Waals surface area contributed by atoms with Crippen LogP contribution >= 0.6 is 0 Å². The van der Waals surface area contributed by atoms with Crippen LogP contribution in [0.1, 0.15) is 78.6 Å². The maximum Gasteiger partial charge on any atom is 0.00666 e. The average molecular weight is 227 g/mol. The molecule has 0 aliphatic carbocycles. The standard InChI is InChI=1S/C15H33N/c1-5-7-8-9-10-12-15(16-4)13-14(3)11-6-2/h14-16H,5-13H2,1-4H3. The van der Waals surface area contributed by atoms with Gasteiger partial charge in [-0.05, 0) is 25.8 Å². The number of rotatable bonds is 11. The fraction of sp³-hybridized carbons (Fsp3) is 1.00. The van der Waals surface area contributed by atoms with Crippen molar-refractivity contribution >= 4 is 0 Å². The SMILES string of the molecule is CCCCCCCC(CC(C)CCC)NC. The second-order valence-electron chi connectivity index (χ2n) is 5.32. The van der Waals surface area contributed by atoms with Gasteiger partial charge in [-0.25, -0.2) is 0 Å². The Labute approximate surface area is 103 Å². The lowest BCUT2D eigenvalue weighted by Gasteiger charge is -2.20. The largest absolute Gasteiger partial charge is 0.317 e. The predicted octanol–water partition coefficient (Wildman–Crippen LogP) is 4.76. The van der Waals surface area contributed by atoms with E-state index in [-0.39, 0.29) is 0 Å². The lowest BCUT2D eigenvalue weighted by molar-refractivity contribution is 0.373. The molecule has 0 heterocycles. The van der Waals surface area contributed by atoms with Gasteiger partial charge in [0.1, 0.15) is 0 Å². The first-order chi connectivity index (χ1) is 7.74. The van der Waals surface area contributed by atoms with Gasteiger partial charge in [-0.2, -0.15) is 0 Å². The third kappa shape index (κ3) is 9.21. The monoisotopic (exact) mass is 227 g/mol. The molecule has 0 aliphatic rings. The Hall–Kier alpha value is -0.0400. The Balaban J connectivity index is 3.50. The number of nitrogens with one attached hydrogen (secondary N) is 1. The Morgan fingerprint density at radius 1 is 0.875 bits per heavy atom. The van der Waals surface area contributed by atoms with E-state index in [9.17, 15) is 0 Å². The molecule has 2 atom stereocenters. The molecule has 16 heavy (non-hydrogen) atoms. The third-order valence-corrected chi connectivity index (χ3v) is 3.53. The highest BCUT2D eigenvalue weighted by atomic mass is 14.9. The van der Waals surface area contributed by atoms with Gasteiger partial charge in [-0.3, -0.25) is 0 Å². The summed E-state index contributed by atoms with van der Waals surface area (Å²) in [6, 6.07) is 0.753. The van der Waals surface area contributed by atoms with E-state index in [2.05, 4.69) is 33.1 Å². The summed E-state index contributed by atoms with van der Waals surface area (Å²) in [5, 5.41) is 3.48. The second kappa shape index (κ2) is 11.4. The van der Waals surface area contributed by atoms with Crippen molar-refractivity contribution in [2.75, 3.05) is 7.05 Å². The van der Waals surface area contributed by atoms with E-state index in [0.29, 0.717) is 0 Å². The summed E-state index contributed by atoms with van der Waals surface area (Å²) in [5.74, 6) is 0.887. The van der Waals surface area contributed by atoms with Crippen LogP contribution in [0, 0.1) is 5.92 Å². The van der Waals surface area contributed by atoms with Gasteiger partial charge in [-0.15, -0.1) is 0 Å². The molecule has 1 nitrogen and oxygen atoms in total. The molecule has 0 radical (unpaired) electrons. The predicted molar refractivity (Wildman–Crippen MR) is 74.9 cm³/mol. The van der Waals surface area contributed by atoms with Crippen LogP contribution in [0.25, 0.3) is 0 Å². The Kier molecular flexibility index (Phi) is 11.4. The molecule has 0 aromatic heterocycles. The van der Waals surface area contributed by atoms with Crippen LogP contribution in [-0.4, -0.2) is 13.1 Å². The molecule has 0 aromatic carbocycles. The molecule has 98 valence electrons. The van der Waals surface area contributed by atoms with E-state index < -0.39 is 0 Å². The number of hydrogen-bond donors (Lipinski definition) is 1. The summed E-state index contributed by atoms with van der Waals surface area (Å²) in [4.78, 5) is 0. The Morgan fingerprint density at radius 3 is 2.12 bits per heavy atom. The van der Waals surface area contributed by atoms with E-state index in [1.165, 1.54) is 57.8 Å². The van der Waals surface area contributed by atoms with Gasteiger partial charge in [0.05, 0.1) is 0 Å². The molecule has 0 spiro atoms. The van der Waals surface area contributed by atoms with Crippen LogP contribution in [0.4, 0.5) is 0 Å². The van der Waals surface area contributed by atoms with Crippen molar-refractivity contribution in [1.82, 2.24) is 5.32 Å². The molecule has 0 fully saturated rings. The smallest absolute Gasteiger partial charge is 0.00666 e. The lowest BCUT2D eigenvalue weighted by atomic mass is 9.94. The molecule has 1 N–H and O–H groups in total. The van der Waals surface area contributed by atoms with Crippen molar-refractivity contribution in [3.8, 4) is 0 Å². The molecule has 0 aliphatic heterocycles. The van der Waals surface area contributed by atoms with Crippen LogP contribution in [0.2, 0.25) is 0 Å². The van der Waals surface area contributed by atoms with Crippen molar-refractivity contribution < 1.29 is 0 Å². The van der Waals surface area contributed by atoms with Gasteiger partial charge in [0, 0.05) is 6.04 Å². The minimum atomic E-state index is 0.753. The van der Waals surface area contributed by atoms with Crippen LogP contribution < -0.4 is 5.32 Å². The highest BCUT2D eigenvalue weighted by Crippen LogP contribution is 2.16. The zero-order chi connectivity index (χ0) is 12.2. The van der Waals surface area contributed by atoms with Gasteiger partial charge >= 0.3 is 0 Å². The summed E-state index contributed by atoms with van der Waals surface area (Å²) >= 11 is 0. The molecule has 1 heteroatoms. The second-order valence-corrected chi connectivity index (χ2v) is 5.32. The highest BCUT2D eigenvalue weighted by Gasteiger charge is 2.10. The van der Waals surface area contributed by atoms with Crippen LogP contribution in [0.5, 0.6) is 0 Å². The zero-order valence-corrected chi connectivity index (χ0v) is 12.0. The fourth-order valence-corrected chi connectivity index (χ4v) is 2.47. The first kappa shape index (κ1) is 16.0. The van der Waals surface area contributed by atoms with Gasteiger partial charge in [0.25, 0.3) is 0 Å². The molecular formula is C15H33N. The average Bonchev–Trinajstić information content (AvgIpc) is 2.27. The summed E-state index contributed by atoms with van der Waals surface area (Å²) in [7, 11) is 2.12. The summed E-state index contributed by atoms with van der Waals surface area (Å²) in [6.45, 7) is 6.96.